The van der Waals surface area contributed by atoms with Crippen LogP contribution in [0.25, 0.3) is 10.9 Å². The predicted molar refractivity (Wildman–Crippen MR) is 88.9 cm³/mol. The smallest absolute Gasteiger partial charge is 0.137 e. The minimum absolute atomic E-state index is 0.0867. The first-order valence-electron chi connectivity index (χ1n) is 8.20. The van der Waals surface area contributed by atoms with Crippen molar-refractivity contribution < 1.29 is 4.79 Å². The second kappa shape index (κ2) is 5.10. The molecule has 2 aliphatic heterocycles. The molecule has 1 aromatic heterocycles. The van der Waals surface area contributed by atoms with Gasteiger partial charge in [-0.05, 0) is 43.9 Å². The summed E-state index contributed by atoms with van der Waals surface area (Å²) in [6.45, 7) is 5.91. The monoisotopic (exact) mass is 294 g/mol. The summed E-state index contributed by atoms with van der Waals surface area (Å²) in [6.07, 6.45) is 4.22. The van der Waals surface area contributed by atoms with E-state index in [0.717, 1.165) is 25.9 Å². The van der Waals surface area contributed by atoms with Crippen molar-refractivity contribution in [2.24, 2.45) is 5.92 Å². The summed E-state index contributed by atoms with van der Waals surface area (Å²) < 4.78 is 0. The number of para-hydroxylation sites is 1. The quantitative estimate of drug-likeness (QED) is 0.815. The van der Waals surface area contributed by atoms with Crippen LogP contribution in [-0.4, -0.2) is 28.8 Å². The molecule has 22 heavy (non-hydrogen) atoms. The second-order valence-electron chi connectivity index (χ2n) is 6.49. The van der Waals surface area contributed by atoms with Crippen LogP contribution in [0.2, 0.25) is 0 Å². The Morgan fingerprint density at radius 3 is 2.91 bits per heavy atom. The Morgan fingerprint density at radius 2 is 2.14 bits per heavy atom. The number of nitrogens with zero attached hydrogens (tertiary/aromatic N) is 1. The molecule has 2 aromatic rings. The maximum Gasteiger partial charge on any atom is 0.137 e. The molecule has 1 saturated heterocycles. The first kappa shape index (κ1) is 13.8. The molecule has 0 unspecified atom stereocenters. The van der Waals surface area contributed by atoms with Crippen LogP contribution < -0.4 is 0 Å². The summed E-state index contributed by atoms with van der Waals surface area (Å²) in [5, 5.41) is 1.34. The van der Waals surface area contributed by atoms with Crippen molar-refractivity contribution in [1.29, 1.82) is 0 Å². The van der Waals surface area contributed by atoms with E-state index in [0.29, 0.717) is 5.78 Å². The van der Waals surface area contributed by atoms with Crippen LogP contribution >= 0.6 is 0 Å². The molecule has 2 aliphatic rings. The fourth-order valence-electron chi connectivity index (χ4n) is 4.36. The van der Waals surface area contributed by atoms with Gasteiger partial charge in [-0.2, -0.15) is 0 Å². The van der Waals surface area contributed by atoms with Crippen molar-refractivity contribution in [2.45, 2.75) is 32.7 Å². The normalized spacial score (nSPS) is 26.9. The third-order valence-electron chi connectivity index (χ3n) is 5.38. The highest BCUT2D eigenvalue weighted by molar-refractivity contribution is 5.86. The van der Waals surface area contributed by atoms with E-state index < -0.39 is 0 Å². The number of hydrogen-bond acceptors (Lipinski definition) is 2. The lowest BCUT2D eigenvalue weighted by Crippen LogP contribution is -2.44. The molecule has 0 saturated carbocycles. The van der Waals surface area contributed by atoms with E-state index in [2.05, 4.69) is 47.1 Å². The molecule has 0 radical (unpaired) electrons. The van der Waals surface area contributed by atoms with E-state index in [1.807, 2.05) is 0 Å². The Labute approximate surface area is 131 Å². The van der Waals surface area contributed by atoms with Gasteiger partial charge >= 0.3 is 0 Å². The number of aromatic nitrogens is 1. The third kappa shape index (κ3) is 1.88. The molecule has 2 atom stereocenters. The van der Waals surface area contributed by atoms with E-state index in [4.69, 9.17) is 0 Å². The van der Waals surface area contributed by atoms with E-state index in [9.17, 15) is 4.79 Å². The van der Waals surface area contributed by atoms with Gasteiger partial charge in [0, 0.05) is 35.6 Å². The lowest BCUT2D eigenvalue weighted by Gasteiger charge is -2.43. The number of rotatable bonds is 1. The molecule has 3 heterocycles. The Kier molecular flexibility index (Phi) is 3.19. The lowest BCUT2D eigenvalue weighted by molar-refractivity contribution is -0.120. The third-order valence-corrected chi connectivity index (χ3v) is 5.38. The first-order chi connectivity index (χ1) is 10.7. The van der Waals surface area contributed by atoms with Gasteiger partial charge in [-0.1, -0.05) is 24.3 Å². The highest BCUT2D eigenvalue weighted by atomic mass is 16.1. The Balaban J connectivity index is 1.88. The van der Waals surface area contributed by atoms with Crippen molar-refractivity contribution in [3.63, 3.8) is 0 Å². The number of H-pyrrole nitrogens is 1. The molecule has 1 aromatic carbocycles. The van der Waals surface area contributed by atoms with Crippen molar-refractivity contribution in [2.75, 3.05) is 13.1 Å². The maximum absolute atomic E-state index is 12.1. The zero-order chi connectivity index (χ0) is 15.3. The molecule has 114 valence electrons. The molecule has 3 heteroatoms. The molecule has 1 fully saturated rings. The van der Waals surface area contributed by atoms with Crippen molar-refractivity contribution in [1.82, 2.24) is 9.88 Å². The number of hydrogen-bond donors (Lipinski definition) is 1. The average Bonchev–Trinajstić information content (AvgIpc) is 2.92. The maximum atomic E-state index is 12.1. The number of carbonyl (C=O) groups excluding carboxylic acids is 1. The van der Waals surface area contributed by atoms with Gasteiger partial charge in [0.25, 0.3) is 0 Å². The van der Waals surface area contributed by atoms with E-state index in [1.54, 1.807) is 6.92 Å². The van der Waals surface area contributed by atoms with Crippen LogP contribution in [0.5, 0.6) is 0 Å². The molecule has 0 bridgehead atoms. The van der Waals surface area contributed by atoms with Gasteiger partial charge in [-0.25, -0.2) is 0 Å². The topological polar surface area (TPSA) is 36.1 Å². The minimum atomic E-state index is 0.0867. The van der Waals surface area contributed by atoms with Gasteiger partial charge in [0.2, 0.25) is 0 Å². The molecular weight excluding hydrogens is 272 g/mol. The Morgan fingerprint density at radius 1 is 1.32 bits per heavy atom. The van der Waals surface area contributed by atoms with Gasteiger partial charge < -0.3 is 4.98 Å². The molecular formula is C19H22N2O. The highest BCUT2D eigenvalue weighted by Crippen LogP contribution is 2.44. The van der Waals surface area contributed by atoms with Crippen molar-refractivity contribution >= 4 is 16.7 Å². The molecule has 0 amide bonds. The molecule has 1 N–H and O–H groups in total. The summed E-state index contributed by atoms with van der Waals surface area (Å²) in [7, 11) is 0. The van der Waals surface area contributed by atoms with Crippen LogP contribution in [-0.2, 0) is 11.2 Å². The van der Waals surface area contributed by atoms with Gasteiger partial charge in [0.05, 0.1) is 6.04 Å². The van der Waals surface area contributed by atoms with Gasteiger partial charge in [-0.3, -0.25) is 9.69 Å². The van der Waals surface area contributed by atoms with Gasteiger partial charge in [-0.15, -0.1) is 0 Å². The molecule has 4 rings (SSSR count). The van der Waals surface area contributed by atoms with Crippen LogP contribution in [0.4, 0.5) is 0 Å². The number of allylic oxidation sites excluding steroid dienone is 1. The van der Waals surface area contributed by atoms with Crippen LogP contribution in [0.1, 0.15) is 37.6 Å². The van der Waals surface area contributed by atoms with Crippen molar-refractivity contribution in [3.05, 3.63) is 47.2 Å². The van der Waals surface area contributed by atoms with E-state index >= 15 is 0 Å². The Bertz CT molecular complexity index is 771. The predicted octanol–water partition coefficient (Wildman–Crippen LogP) is 3.62. The first-order valence-corrected chi connectivity index (χ1v) is 8.20. The molecule has 3 nitrogen and oxygen atoms in total. The minimum Gasteiger partial charge on any atom is -0.357 e. The fraction of sp³-hybridized carbons (Fsp3) is 0.421. The number of fused-ring (bicyclic) bond motifs is 5. The number of ketones is 1. The number of aromatic amines is 1. The van der Waals surface area contributed by atoms with Gasteiger partial charge in [0.15, 0.2) is 0 Å². The van der Waals surface area contributed by atoms with Crippen molar-refractivity contribution in [3.8, 4) is 0 Å². The fourth-order valence-corrected chi connectivity index (χ4v) is 4.36. The summed E-state index contributed by atoms with van der Waals surface area (Å²) in [6, 6.07) is 8.81. The lowest BCUT2D eigenvalue weighted by atomic mass is 9.78. The number of nitrogens with one attached hydrogen (secondary N) is 1. The zero-order valence-corrected chi connectivity index (χ0v) is 13.2. The van der Waals surface area contributed by atoms with E-state index in [1.165, 1.54) is 27.7 Å². The largest absolute Gasteiger partial charge is 0.357 e. The van der Waals surface area contributed by atoms with Crippen LogP contribution in [0.15, 0.2) is 35.9 Å². The summed E-state index contributed by atoms with van der Waals surface area (Å²) in [5.74, 6) is 0.389. The van der Waals surface area contributed by atoms with Crippen LogP contribution in [0, 0.1) is 5.92 Å². The molecule has 0 aliphatic carbocycles. The number of piperidine rings is 1. The number of carbonyl (C=O) groups is 1. The zero-order valence-electron chi connectivity index (χ0n) is 13.2. The van der Waals surface area contributed by atoms with Crippen LogP contribution in [0.3, 0.4) is 0 Å². The number of benzene rings is 1. The molecule has 0 spiro atoms. The summed E-state index contributed by atoms with van der Waals surface area (Å²) >= 11 is 0. The van der Waals surface area contributed by atoms with E-state index in [-0.39, 0.29) is 12.0 Å². The summed E-state index contributed by atoms with van der Waals surface area (Å²) in [5.41, 5.74) is 5.26. The second-order valence-corrected chi connectivity index (χ2v) is 6.49. The standard InChI is InChI=1S/C19H22N2O/c1-3-13-14(12(2)22)8-10-21-11-9-16-15-6-4-5-7-17(15)20-18(16)19(13)21/h3-7,14,19-20H,8-11H2,1-2H3/b13-3+/t14-,19-/m1/s1. The average molecular weight is 294 g/mol. The summed E-state index contributed by atoms with van der Waals surface area (Å²) in [4.78, 5) is 18.2. The highest BCUT2D eigenvalue weighted by Gasteiger charge is 2.39. The SMILES string of the molecule is C/C=C1\[C@@H](C(C)=O)CCN2CCc3c([nH]c4ccccc34)[C@@H]12. The Hall–Kier alpha value is -1.87. The van der Waals surface area contributed by atoms with Gasteiger partial charge in [0.1, 0.15) is 5.78 Å². The number of Topliss-reactive ketones (excluding diaryl/α,β-unsaturated/α-hetero) is 1.